The van der Waals surface area contributed by atoms with Crippen molar-refractivity contribution in [3.05, 3.63) is 77.1 Å². The summed E-state index contributed by atoms with van der Waals surface area (Å²) in [6.07, 6.45) is 1.69. The maximum Gasteiger partial charge on any atom is 0.252 e. The van der Waals surface area contributed by atoms with Crippen LogP contribution in [-0.2, 0) is 11.3 Å². The summed E-state index contributed by atoms with van der Waals surface area (Å²) in [4.78, 5) is 27.4. The quantitative estimate of drug-likeness (QED) is 0.503. The Morgan fingerprint density at radius 3 is 2.61 bits per heavy atom. The molecule has 4 rings (SSSR count). The summed E-state index contributed by atoms with van der Waals surface area (Å²) in [5.74, 6) is -0.615. The lowest BCUT2D eigenvalue weighted by Gasteiger charge is -2.42. The topological polar surface area (TPSA) is 94.5 Å². The second kappa shape index (κ2) is 9.41. The van der Waals surface area contributed by atoms with Gasteiger partial charge in [-0.05, 0) is 62.1 Å². The number of nitrogens with one attached hydrogen (secondary N) is 3. The van der Waals surface area contributed by atoms with Crippen LogP contribution in [-0.4, -0.2) is 33.8 Å². The van der Waals surface area contributed by atoms with Crippen molar-refractivity contribution in [2.75, 3.05) is 0 Å². The van der Waals surface area contributed by atoms with E-state index < -0.39 is 28.9 Å². The van der Waals surface area contributed by atoms with Crippen LogP contribution in [0.1, 0.15) is 74.5 Å². The van der Waals surface area contributed by atoms with Gasteiger partial charge in [-0.3, -0.25) is 19.9 Å². The second-order valence-corrected chi connectivity index (χ2v) is 10.0. The van der Waals surface area contributed by atoms with Crippen LogP contribution in [0, 0.1) is 11.2 Å². The molecule has 2 aliphatic heterocycles. The molecule has 1 fully saturated rings. The maximum atomic E-state index is 14.6. The van der Waals surface area contributed by atoms with Gasteiger partial charge in [-0.2, -0.15) is 0 Å². The normalized spacial score (nSPS) is 20.3. The first kappa shape index (κ1) is 25.4. The number of halogens is 1. The summed E-state index contributed by atoms with van der Waals surface area (Å²) >= 11 is 0. The molecule has 2 aromatic carbocycles. The molecule has 0 unspecified atom stereocenters. The maximum absolute atomic E-state index is 14.6. The fraction of sp³-hybridized carbons (Fsp3) is 0.393. The Morgan fingerprint density at radius 2 is 1.94 bits per heavy atom. The van der Waals surface area contributed by atoms with Crippen LogP contribution in [0.4, 0.5) is 4.39 Å². The van der Waals surface area contributed by atoms with Gasteiger partial charge >= 0.3 is 0 Å². The number of hydrogen-bond donors (Lipinski definition) is 3. The standard InChI is InChI=1S/C28H33FN4O3/c1-6-28(7-2)15-23(34)33(26(30)32-28)16-18-12-19(14-20(29)13-18)25(35)31-24-17(3)27(4,5)36-22-11-9-8-10-21(22)24/h8-14,24H,3,6-7,15-16H2,1-2,4-5H3,(H2,30,32)(H,31,35)/t24-/m0/s1. The third-order valence-corrected chi connectivity index (χ3v) is 7.35. The molecular formula is C28H33FN4O3. The van der Waals surface area contributed by atoms with E-state index >= 15 is 0 Å². The number of rotatable bonds is 6. The smallest absolute Gasteiger partial charge is 0.252 e. The Bertz CT molecular complexity index is 1220. The molecule has 3 N–H and O–H groups in total. The fourth-order valence-corrected chi connectivity index (χ4v) is 4.84. The number of guanidine groups is 1. The van der Waals surface area contributed by atoms with Gasteiger partial charge in [0.05, 0.1) is 19.0 Å². The Kier molecular flexibility index (Phi) is 6.64. The molecule has 2 aromatic rings. The van der Waals surface area contributed by atoms with Gasteiger partial charge < -0.3 is 15.4 Å². The fourth-order valence-electron chi connectivity index (χ4n) is 4.84. The molecule has 0 spiro atoms. The highest BCUT2D eigenvalue weighted by molar-refractivity contribution is 5.99. The molecular weight excluding hydrogens is 459 g/mol. The van der Waals surface area contributed by atoms with Crippen LogP contribution in [0.3, 0.4) is 0 Å². The van der Waals surface area contributed by atoms with E-state index in [9.17, 15) is 14.0 Å². The molecule has 1 saturated heterocycles. The molecule has 0 radical (unpaired) electrons. The zero-order chi connectivity index (χ0) is 26.3. The van der Waals surface area contributed by atoms with E-state index in [2.05, 4.69) is 17.2 Å². The lowest BCUT2D eigenvalue weighted by Crippen LogP contribution is -2.61. The molecule has 0 saturated carbocycles. The van der Waals surface area contributed by atoms with E-state index in [0.717, 1.165) is 5.56 Å². The number of amides is 2. The SMILES string of the molecule is C=C1[C@H](NC(=O)c2cc(F)cc(CN3C(=N)NC(CC)(CC)CC3=O)c2)c2ccccc2OC1(C)C. The minimum Gasteiger partial charge on any atom is -0.483 e. The molecule has 7 nitrogen and oxygen atoms in total. The van der Waals surface area contributed by atoms with E-state index in [1.807, 2.05) is 52.0 Å². The molecule has 0 aromatic heterocycles. The first-order valence-corrected chi connectivity index (χ1v) is 12.2. The molecule has 36 heavy (non-hydrogen) atoms. The third kappa shape index (κ3) is 4.72. The number of fused-ring (bicyclic) bond motifs is 1. The van der Waals surface area contributed by atoms with Crippen molar-refractivity contribution in [1.82, 2.24) is 15.5 Å². The van der Waals surface area contributed by atoms with Gasteiger partial charge in [0.1, 0.15) is 17.2 Å². The summed E-state index contributed by atoms with van der Waals surface area (Å²) in [6, 6.07) is 10.9. The summed E-state index contributed by atoms with van der Waals surface area (Å²) in [5, 5.41) is 14.5. The second-order valence-electron chi connectivity index (χ2n) is 10.0. The number of ether oxygens (including phenoxy) is 1. The average molecular weight is 493 g/mol. The Morgan fingerprint density at radius 1 is 1.25 bits per heavy atom. The number of carbonyl (C=O) groups is 2. The van der Waals surface area contributed by atoms with Crippen molar-refractivity contribution in [1.29, 1.82) is 5.41 Å². The van der Waals surface area contributed by atoms with Gasteiger partial charge in [-0.25, -0.2) is 4.39 Å². The summed E-state index contributed by atoms with van der Waals surface area (Å²) < 4.78 is 20.6. The molecule has 0 bridgehead atoms. The highest BCUT2D eigenvalue weighted by atomic mass is 19.1. The predicted octanol–water partition coefficient (Wildman–Crippen LogP) is 4.84. The number of benzene rings is 2. The van der Waals surface area contributed by atoms with E-state index in [1.165, 1.54) is 17.0 Å². The number of carbonyl (C=O) groups excluding carboxylic acids is 2. The largest absolute Gasteiger partial charge is 0.483 e. The Hall–Kier alpha value is -3.68. The lowest BCUT2D eigenvalue weighted by molar-refractivity contribution is -0.131. The first-order valence-electron chi connectivity index (χ1n) is 12.2. The van der Waals surface area contributed by atoms with Crippen LogP contribution in [0.2, 0.25) is 0 Å². The van der Waals surface area contributed by atoms with Gasteiger partial charge in [0, 0.05) is 16.7 Å². The van der Waals surface area contributed by atoms with E-state index in [4.69, 9.17) is 10.1 Å². The van der Waals surface area contributed by atoms with Gasteiger partial charge in [-0.1, -0.05) is 38.6 Å². The number of nitrogens with zero attached hydrogens (tertiary/aromatic N) is 1. The average Bonchev–Trinajstić information content (AvgIpc) is 2.83. The van der Waals surface area contributed by atoms with Gasteiger partial charge in [0.2, 0.25) is 5.91 Å². The van der Waals surface area contributed by atoms with E-state index in [1.54, 1.807) is 6.07 Å². The molecule has 2 heterocycles. The monoisotopic (exact) mass is 492 g/mol. The molecule has 2 amide bonds. The highest BCUT2D eigenvalue weighted by Gasteiger charge is 2.40. The van der Waals surface area contributed by atoms with Gasteiger partial charge in [0.15, 0.2) is 5.96 Å². The summed E-state index contributed by atoms with van der Waals surface area (Å²) in [5.41, 5.74) is 0.870. The minimum absolute atomic E-state index is 0.00788. The van der Waals surface area contributed by atoms with Gasteiger partial charge in [0.25, 0.3) is 5.91 Å². The van der Waals surface area contributed by atoms with Crippen LogP contribution >= 0.6 is 0 Å². The van der Waals surface area contributed by atoms with Crippen LogP contribution < -0.4 is 15.4 Å². The van der Waals surface area contributed by atoms with E-state index in [-0.39, 0.29) is 30.4 Å². The van der Waals surface area contributed by atoms with Crippen molar-refractivity contribution in [3.8, 4) is 5.75 Å². The van der Waals surface area contributed by atoms with Crippen LogP contribution in [0.15, 0.2) is 54.6 Å². The Balaban J connectivity index is 1.56. The van der Waals surface area contributed by atoms with Crippen LogP contribution in [0.25, 0.3) is 0 Å². The summed E-state index contributed by atoms with van der Waals surface area (Å²) in [7, 11) is 0. The third-order valence-electron chi connectivity index (χ3n) is 7.35. The molecule has 0 aliphatic carbocycles. The number of para-hydroxylation sites is 1. The lowest BCUT2D eigenvalue weighted by atomic mass is 9.85. The van der Waals surface area contributed by atoms with E-state index in [0.29, 0.717) is 29.7 Å². The van der Waals surface area contributed by atoms with Crippen LogP contribution in [0.5, 0.6) is 5.75 Å². The zero-order valence-corrected chi connectivity index (χ0v) is 21.2. The molecule has 8 heteroatoms. The minimum atomic E-state index is -0.701. The zero-order valence-electron chi connectivity index (χ0n) is 21.2. The van der Waals surface area contributed by atoms with Crippen molar-refractivity contribution in [3.63, 3.8) is 0 Å². The number of hydrogen-bond acceptors (Lipinski definition) is 4. The van der Waals surface area contributed by atoms with Gasteiger partial charge in [-0.15, -0.1) is 0 Å². The predicted molar refractivity (Wildman–Crippen MR) is 136 cm³/mol. The van der Waals surface area contributed by atoms with Crippen molar-refractivity contribution < 1.29 is 18.7 Å². The molecule has 2 aliphatic rings. The first-order chi connectivity index (χ1) is 17.0. The molecule has 1 atom stereocenters. The molecule has 190 valence electrons. The van der Waals surface area contributed by atoms with Crippen molar-refractivity contribution in [2.24, 2.45) is 0 Å². The Labute approximate surface area is 211 Å². The van der Waals surface area contributed by atoms with Crippen molar-refractivity contribution in [2.45, 2.75) is 70.7 Å². The van der Waals surface area contributed by atoms with Crippen molar-refractivity contribution >= 4 is 17.8 Å². The highest BCUT2D eigenvalue weighted by Crippen LogP contribution is 2.42. The summed E-state index contributed by atoms with van der Waals surface area (Å²) in [6.45, 7) is 11.9.